The highest BCUT2D eigenvalue weighted by atomic mass is 79.9. The zero-order chi connectivity index (χ0) is 14.4. The molecule has 1 atom stereocenters. The molecule has 0 aromatic heterocycles. The molecule has 1 aromatic rings. The molecule has 1 aromatic carbocycles. The minimum absolute atomic E-state index is 0.0927. The zero-order valence-corrected chi connectivity index (χ0v) is 13.1. The SMILES string of the molecule is C[C@@H](O)c1cc(Br)ccc1OCCCC(=O)N(C)C. The molecule has 0 fully saturated rings. The van der Waals surface area contributed by atoms with E-state index in [0.29, 0.717) is 25.2 Å². The highest BCUT2D eigenvalue weighted by Gasteiger charge is 2.10. The Hall–Kier alpha value is -1.07. The number of nitrogens with zero attached hydrogens (tertiary/aromatic N) is 1. The second-order valence-corrected chi connectivity index (χ2v) is 5.51. The van der Waals surface area contributed by atoms with E-state index in [1.165, 1.54) is 0 Å². The Morgan fingerprint density at radius 1 is 1.47 bits per heavy atom. The Kier molecular flexibility index (Phi) is 6.31. The number of rotatable bonds is 6. The minimum atomic E-state index is -0.587. The van der Waals surface area contributed by atoms with Gasteiger partial charge in [-0.05, 0) is 31.5 Å². The van der Waals surface area contributed by atoms with Crippen molar-refractivity contribution in [3.05, 3.63) is 28.2 Å². The van der Waals surface area contributed by atoms with E-state index in [1.54, 1.807) is 25.9 Å². The summed E-state index contributed by atoms with van der Waals surface area (Å²) < 4.78 is 6.53. The third kappa shape index (κ3) is 5.20. The number of amides is 1. The Labute approximate surface area is 122 Å². The van der Waals surface area contributed by atoms with Crippen LogP contribution in [0.4, 0.5) is 0 Å². The number of ether oxygens (including phenoxy) is 1. The van der Waals surface area contributed by atoms with Crippen LogP contribution in [0.5, 0.6) is 5.75 Å². The first-order valence-corrected chi connectivity index (χ1v) is 7.01. The van der Waals surface area contributed by atoms with Crippen molar-refractivity contribution in [2.45, 2.75) is 25.9 Å². The molecule has 0 aliphatic heterocycles. The summed E-state index contributed by atoms with van der Waals surface area (Å²) in [4.78, 5) is 13.0. The summed E-state index contributed by atoms with van der Waals surface area (Å²) in [6.45, 7) is 2.16. The van der Waals surface area contributed by atoms with Gasteiger partial charge in [-0.3, -0.25) is 4.79 Å². The third-order valence-electron chi connectivity index (χ3n) is 2.71. The molecule has 0 aliphatic carbocycles. The minimum Gasteiger partial charge on any atom is -0.493 e. The van der Waals surface area contributed by atoms with Crippen LogP contribution in [0.1, 0.15) is 31.4 Å². The summed E-state index contributed by atoms with van der Waals surface area (Å²) in [5.74, 6) is 0.755. The van der Waals surface area contributed by atoms with Crippen LogP contribution in [0, 0.1) is 0 Å². The van der Waals surface area contributed by atoms with Gasteiger partial charge in [0.05, 0.1) is 12.7 Å². The van der Waals surface area contributed by atoms with Crippen LogP contribution in [0.25, 0.3) is 0 Å². The molecule has 19 heavy (non-hydrogen) atoms. The van der Waals surface area contributed by atoms with Crippen LogP contribution >= 0.6 is 15.9 Å². The van der Waals surface area contributed by atoms with Crippen LogP contribution in [0.2, 0.25) is 0 Å². The monoisotopic (exact) mass is 329 g/mol. The number of benzene rings is 1. The maximum atomic E-state index is 11.4. The zero-order valence-electron chi connectivity index (χ0n) is 11.5. The van der Waals surface area contributed by atoms with E-state index in [4.69, 9.17) is 4.74 Å². The van der Waals surface area contributed by atoms with Gasteiger partial charge in [-0.25, -0.2) is 0 Å². The molecular weight excluding hydrogens is 310 g/mol. The van der Waals surface area contributed by atoms with Crippen LogP contribution in [-0.2, 0) is 4.79 Å². The average Bonchev–Trinajstić information content (AvgIpc) is 2.35. The number of aliphatic hydroxyl groups excluding tert-OH is 1. The number of carbonyl (C=O) groups is 1. The molecule has 0 unspecified atom stereocenters. The summed E-state index contributed by atoms with van der Waals surface area (Å²) in [5.41, 5.74) is 0.744. The van der Waals surface area contributed by atoms with Crippen LogP contribution in [0.3, 0.4) is 0 Å². The molecule has 0 radical (unpaired) electrons. The van der Waals surface area contributed by atoms with Crippen LogP contribution in [0.15, 0.2) is 22.7 Å². The van der Waals surface area contributed by atoms with E-state index in [1.807, 2.05) is 18.2 Å². The lowest BCUT2D eigenvalue weighted by atomic mass is 10.1. The molecule has 0 heterocycles. The summed E-state index contributed by atoms with van der Waals surface area (Å²) in [5, 5.41) is 9.68. The Morgan fingerprint density at radius 3 is 2.74 bits per heavy atom. The smallest absolute Gasteiger partial charge is 0.222 e. The first-order chi connectivity index (χ1) is 8.91. The van der Waals surface area contributed by atoms with E-state index in [-0.39, 0.29) is 5.91 Å². The summed E-state index contributed by atoms with van der Waals surface area (Å²) in [6.07, 6.45) is 0.538. The molecule has 1 amide bonds. The third-order valence-corrected chi connectivity index (χ3v) is 3.21. The van der Waals surface area contributed by atoms with Gasteiger partial charge in [0.2, 0.25) is 5.91 Å². The Balaban J connectivity index is 2.52. The summed E-state index contributed by atoms with van der Waals surface area (Å²) >= 11 is 3.36. The van der Waals surface area contributed by atoms with E-state index >= 15 is 0 Å². The number of carbonyl (C=O) groups excluding carboxylic acids is 1. The predicted molar refractivity (Wildman–Crippen MR) is 78.2 cm³/mol. The lowest BCUT2D eigenvalue weighted by molar-refractivity contribution is -0.128. The first kappa shape index (κ1) is 16.0. The molecule has 0 saturated carbocycles. The molecule has 5 heteroatoms. The summed E-state index contributed by atoms with van der Waals surface area (Å²) in [6, 6.07) is 5.52. The fourth-order valence-electron chi connectivity index (χ4n) is 1.61. The van der Waals surface area contributed by atoms with Gasteiger partial charge in [0.25, 0.3) is 0 Å². The number of hydrogen-bond acceptors (Lipinski definition) is 3. The number of halogens is 1. The van der Waals surface area contributed by atoms with Gasteiger partial charge in [-0.15, -0.1) is 0 Å². The highest BCUT2D eigenvalue weighted by molar-refractivity contribution is 9.10. The van der Waals surface area contributed by atoms with E-state index in [2.05, 4.69) is 15.9 Å². The second-order valence-electron chi connectivity index (χ2n) is 4.60. The topological polar surface area (TPSA) is 49.8 Å². The van der Waals surface area contributed by atoms with Gasteiger partial charge < -0.3 is 14.7 Å². The van der Waals surface area contributed by atoms with Crippen LogP contribution in [-0.4, -0.2) is 36.6 Å². The summed E-state index contributed by atoms with van der Waals surface area (Å²) in [7, 11) is 3.48. The molecule has 1 rings (SSSR count). The lowest BCUT2D eigenvalue weighted by Crippen LogP contribution is -2.21. The van der Waals surface area contributed by atoms with Gasteiger partial charge in [0.1, 0.15) is 5.75 Å². The maximum Gasteiger partial charge on any atom is 0.222 e. The van der Waals surface area contributed by atoms with Crippen LogP contribution < -0.4 is 4.74 Å². The van der Waals surface area contributed by atoms with Crippen molar-refractivity contribution in [3.8, 4) is 5.75 Å². The molecule has 1 N–H and O–H groups in total. The van der Waals surface area contributed by atoms with E-state index in [0.717, 1.165) is 10.0 Å². The normalized spacial score (nSPS) is 12.1. The van der Waals surface area contributed by atoms with Crippen molar-refractivity contribution >= 4 is 21.8 Å². The van der Waals surface area contributed by atoms with Gasteiger partial charge >= 0.3 is 0 Å². The standard InChI is InChI=1S/C14H20BrNO3/c1-10(17)12-9-11(15)6-7-13(12)19-8-4-5-14(18)16(2)3/h6-7,9-10,17H,4-5,8H2,1-3H3/t10-/m1/s1. The average molecular weight is 330 g/mol. The van der Waals surface area contributed by atoms with Crippen molar-refractivity contribution in [3.63, 3.8) is 0 Å². The molecule has 0 bridgehead atoms. The van der Waals surface area contributed by atoms with Crippen molar-refractivity contribution in [2.24, 2.45) is 0 Å². The highest BCUT2D eigenvalue weighted by Crippen LogP contribution is 2.28. The maximum absolute atomic E-state index is 11.4. The van der Waals surface area contributed by atoms with E-state index < -0.39 is 6.10 Å². The number of hydrogen-bond donors (Lipinski definition) is 1. The fraction of sp³-hybridized carbons (Fsp3) is 0.500. The molecule has 4 nitrogen and oxygen atoms in total. The number of aliphatic hydroxyl groups is 1. The molecule has 0 spiro atoms. The second kappa shape index (κ2) is 7.50. The predicted octanol–water partition coefficient (Wildman–Crippen LogP) is 2.75. The van der Waals surface area contributed by atoms with Gasteiger partial charge in [-0.1, -0.05) is 15.9 Å². The first-order valence-electron chi connectivity index (χ1n) is 6.22. The van der Waals surface area contributed by atoms with E-state index in [9.17, 15) is 9.90 Å². The van der Waals surface area contributed by atoms with Crippen molar-refractivity contribution < 1.29 is 14.6 Å². The Bertz CT molecular complexity index is 433. The van der Waals surface area contributed by atoms with Crippen molar-refractivity contribution in [2.75, 3.05) is 20.7 Å². The lowest BCUT2D eigenvalue weighted by Gasteiger charge is -2.14. The van der Waals surface area contributed by atoms with Crippen molar-refractivity contribution in [1.29, 1.82) is 0 Å². The molecule has 0 aliphatic rings. The quantitative estimate of drug-likeness (QED) is 0.816. The van der Waals surface area contributed by atoms with Crippen molar-refractivity contribution in [1.82, 2.24) is 4.90 Å². The van der Waals surface area contributed by atoms with Gasteiger partial charge in [0.15, 0.2) is 0 Å². The molecule has 0 saturated heterocycles. The largest absolute Gasteiger partial charge is 0.493 e. The van der Waals surface area contributed by atoms with Gasteiger partial charge in [-0.2, -0.15) is 0 Å². The Morgan fingerprint density at radius 2 is 2.16 bits per heavy atom. The molecular formula is C14H20BrNO3. The fourth-order valence-corrected chi connectivity index (χ4v) is 1.99. The molecule has 106 valence electrons. The van der Waals surface area contributed by atoms with Gasteiger partial charge in [0, 0.05) is 30.6 Å².